The van der Waals surface area contributed by atoms with Crippen molar-refractivity contribution < 1.29 is 4.74 Å². The summed E-state index contributed by atoms with van der Waals surface area (Å²) >= 11 is 0. The Balaban J connectivity index is 0.970. The highest BCUT2D eigenvalue weighted by molar-refractivity contribution is 6.09. The average molecular weight is 763 g/mol. The van der Waals surface area contributed by atoms with Crippen molar-refractivity contribution in [2.45, 2.75) is 26.2 Å². The Labute approximate surface area is 345 Å². The van der Waals surface area contributed by atoms with E-state index in [0.29, 0.717) is 6.67 Å². The van der Waals surface area contributed by atoms with Crippen molar-refractivity contribution in [3.05, 3.63) is 194 Å². The molecule has 0 saturated carbocycles. The highest BCUT2D eigenvalue weighted by atomic mass is 16.5. The summed E-state index contributed by atoms with van der Waals surface area (Å²) in [6.45, 7) is 7.41. The number of anilines is 7. The second-order valence-electron chi connectivity index (χ2n) is 16.5. The standard InChI is InChI=1S/C54H42N4O/c1-54(2,3)38-29-30-55-53(31-38)58-49-20-9-8-19-46(49)44-17-6-7-18-45(44)47-28-27-42(34-52(47)58)59-41-15-12-14-39(32-41)56-35-57(51-22-11-10-21-50(51)56)40-26-25-37-24-23-36-13-4-5-16-43(36)48(37)33-40/h4-34H,35H2,1-3H3. The van der Waals surface area contributed by atoms with Crippen molar-refractivity contribution in [1.82, 2.24) is 4.98 Å². The molecule has 8 aromatic carbocycles. The third-order valence-corrected chi connectivity index (χ3v) is 11.9. The lowest BCUT2D eigenvalue weighted by molar-refractivity contribution is 0.483. The van der Waals surface area contributed by atoms with Crippen LogP contribution in [-0.4, -0.2) is 11.7 Å². The van der Waals surface area contributed by atoms with Crippen LogP contribution >= 0.6 is 0 Å². The molecule has 0 radical (unpaired) electrons. The predicted molar refractivity (Wildman–Crippen MR) is 246 cm³/mol. The van der Waals surface area contributed by atoms with Crippen molar-refractivity contribution in [2.24, 2.45) is 0 Å². The van der Waals surface area contributed by atoms with Gasteiger partial charge in [0.2, 0.25) is 0 Å². The Morgan fingerprint density at radius 1 is 0.458 bits per heavy atom. The smallest absolute Gasteiger partial charge is 0.137 e. The molecule has 59 heavy (non-hydrogen) atoms. The van der Waals surface area contributed by atoms with Gasteiger partial charge in [-0.05, 0) is 110 Å². The molecule has 284 valence electrons. The lowest BCUT2D eigenvalue weighted by Gasteiger charge is -2.28. The Kier molecular flexibility index (Phi) is 8.05. The summed E-state index contributed by atoms with van der Waals surface area (Å²) < 4.78 is 6.82. The zero-order valence-corrected chi connectivity index (χ0v) is 33.3. The minimum absolute atomic E-state index is 0.0396. The number of fused-ring (bicyclic) bond motifs is 9. The fourth-order valence-corrected chi connectivity index (χ4v) is 8.89. The fraction of sp³-hybridized carbons (Fsp3) is 0.0926. The third-order valence-electron chi connectivity index (χ3n) is 11.9. The molecule has 0 aliphatic carbocycles. The molecule has 0 bridgehead atoms. The molecular weight excluding hydrogens is 721 g/mol. The van der Waals surface area contributed by atoms with Gasteiger partial charge in [0.15, 0.2) is 0 Å². The lowest BCUT2D eigenvalue weighted by atomic mass is 9.87. The van der Waals surface area contributed by atoms with Crippen molar-refractivity contribution in [2.75, 3.05) is 21.4 Å². The number of rotatable bonds is 5. The summed E-state index contributed by atoms with van der Waals surface area (Å²) in [5, 5.41) is 5.02. The van der Waals surface area contributed by atoms with Gasteiger partial charge in [0.1, 0.15) is 24.0 Å². The van der Waals surface area contributed by atoms with Gasteiger partial charge in [-0.15, -0.1) is 0 Å². The van der Waals surface area contributed by atoms with Gasteiger partial charge >= 0.3 is 0 Å². The van der Waals surface area contributed by atoms with E-state index in [1.54, 1.807) is 0 Å². The van der Waals surface area contributed by atoms with Crippen LogP contribution in [0.2, 0.25) is 0 Å². The topological polar surface area (TPSA) is 31.8 Å². The normalized spacial score (nSPS) is 13.2. The highest BCUT2D eigenvalue weighted by Gasteiger charge is 2.30. The molecule has 9 aromatic rings. The minimum Gasteiger partial charge on any atom is -0.457 e. The van der Waals surface area contributed by atoms with Crippen molar-refractivity contribution in [1.29, 1.82) is 0 Å². The van der Waals surface area contributed by atoms with E-state index >= 15 is 0 Å². The van der Waals surface area contributed by atoms with Crippen molar-refractivity contribution in [3.8, 4) is 33.8 Å². The van der Waals surface area contributed by atoms with E-state index in [4.69, 9.17) is 9.72 Å². The van der Waals surface area contributed by atoms with Gasteiger partial charge in [-0.1, -0.05) is 124 Å². The van der Waals surface area contributed by atoms with Crippen LogP contribution in [0.15, 0.2) is 188 Å². The van der Waals surface area contributed by atoms with Crippen molar-refractivity contribution >= 4 is 61.5 Å². The summed E-state index contributed by atoms with van der Waals surface area (Å²) in [5.74, 6) is 2.39. The first-order chi connectivity index (χ1) is 28.9. The van der Waals surface area contributed by atoms with Crippen LogP contribution in [0.4, 0.5) is 39.9 Å². The van der Waals surface area contributed by atoms with Crippen molar-refractivity contribution in [3.63, 3.8) is 0 Å². The number of para-hydroxylation sites is 3. The van der Waals surface area contributed by atoms with Crippen LogP contribution in [-0.2, 0) is 5.41 Å². The number of hydrogen-bond donors (Lipinski definition) is 0. The second-order valence-corrected chi connectivity index (χ2v) is 16.5. The van der Waals surface area contributed by atoms with E-state index in [9.17, 15) is 0 Å². The molecule has 11 rings (SSSR count). The predicted octanol–water partition coefficient (Wildman–Crippen LogP) is 14.8. The molecule has 2 aliphatic heterocycles. The lowest BCUT2D eigenvalue weighted by Crippen LogP contribution is -2.23. The number of pyridine rings is 1. The Morgan fingerprint density at radius 2 is 1.07 bits per heavy atom. The maximum atomic E-state index is 6.82. The van der Waals surface area contributed by atoms with Crippen LogP contribution in [0.1, 0.15) is 26.3 Å². The quantitative estimate of drug-likeness (QED) is 0.163. The largest absolute Gasteiger partial charge is 0.457 e. The van der Waals surface area contributed by atoms with Gasteiger partial charge < -0.3 is 14.5 Å². The van der Waals surface area contributed by atoms with Gasteiger partial charge in [-0.25, -0.2) is 4.98 Å². The molecule has 0 saturated heterocycles. The average Bonchev–Trinajstić information content (AvgIpc) is 3.61. The summed E-state index contributed by atoms with van der Waals surface area (Å²) in [4.78, 5) is 12.1. The monoisotopic (exact) mass is 762 g/mol. The molecule has 0 amide bonds. The van der Waals surface area contributed by atoms with Gasteiger partial charge in [0.25, 0.3) is 0 Å². The zero-order chi connectivity index (χ0) is 39.7. The maximum absolute atomic E-state index is 6.82. The number of ether oxygens (including phenoxy) is 1. The number of benzene rings is 8. The molecule has 0 unspecified atom stereocenters. The Bertz CT molecular complexity index is 3090. The Hall–Kier alpha value is -7.37. The fourth-order valence-electron chi connectivity index (χ4n) is 8.89. The van der Waals surface area contributed by atoms with Gasteiger partial charge in [-0.3, -0.25) is 4.90 Å². The molecule has 0 atom stereocenters. The molecule has 5 nitrogen and oxygen atoms in total. The van der Waals surface area contributed by atoms with E-state index in [-0.39, 0.29) is 5.41 Å². The molecule has 0 fully saturated rings. The third kappa shape index (κ3) is 5.97. The van der Waals surface area contributed by atoms with Gasteiger partial charge in [0.05, 0.1) is 22.7 Å². The molecular formula is C54H42N4O. The van der Waals surface area contributed by atoms with Crippen LogP contribution in [0.25, 0.3) is 43.8 Å². The number of nitrogens with zero attached hydrogens (tertiary/aromatic N) is 4. The van der Waals surface area contributed by atoms with Crippen LogP contribution in [0, 0.1) is 0 Å². The van der Waals surface area contributed by atoms with Crippen LogP contribution in [0.5, 0.6) is 11.5 Å². The van der Waals surface area contributed by atoms with Crippen LogP contribution in [0.3, 0.4) is 0 Å². The molecule has 2 aliphatic rings. The first-order valence-electron chi connectivity index (χ1n) is 20.3. The summed E-state index contributed by atoms with van der Waals surface area (Å²) in [7, 11) is 0. The number of aromatic nitrogens is 1. The SMILES string of the molecule is CC(C)(C)c1ccnc(N2c3ccccc3-c3ccccc3-c3ccc(Oc4cccc(N5CN(c6ccc7ccc8ccccc8c7c6)c6ccccc65)c4)cc32)c1. The van der Waals surface area contributed by atoms with E-state index in [1.807, 2.05) is 12.3 Å². The van der Waals surface area contributed by atoms with E-state index in [0.717, 1.165) is 56.9 Å². The van der Waals surface area contributed by atoms with E-state index in [1.165, 1.54) is 43.9 Å². The first kappa shape index (κ1) is 34.8. The molecule has 0 spiro atoms. The van der Waals surface area contributed by atoms with E-state index < -0.39 is 0 Å². The van der Waals surface area contributed by atoms with E-state index in [2.05, 4.69) is 211 Å². The molecule has 0 N–H and O–H groups in total. The summed E-state index contributed by atoms with van der Waals surface area (Å²) in [5.41, 5.74) is 12.5. The second kappa shape index (κ2) is 13.6. The molecule has 5 heteroatoms. The highest BCUT2D eigenvalue weighted by Crippen LogP contribution is 2.52. The zero-order valence-electron chi connectivity index (χ0n) is 33.3. The number of hydrogen-bond acceptors (Lipinski definition) is 5. The summed E-state index contributed by atoms with van der Waals surface area (Å²) in [6.07, 6.45) is 1.93. The van der Waals surface area contributed by atoms with Gasteiger partial charge in [-0.2, -0.15) is 0 Å². The Morgan fingerprint density at radius 3 is 1.83 bits per heavy atom. The molecule has 3 heterocycles. The molecule has 1 aromatic heterocycles. The van der Waals surface area contributed by atoms with Gasteiger partial charge in [0, 0.05) is 40.8 Å². The maximum Gasteiger partial charge on any atom is 0.137 e. The first-order valence-corrected chi connectivity index (χ1v) is 20.3. The van der Waals surface area contributed by atoms with Crippen LogP contribution < -0.4 is 19.4 Å². The minimum atomic E-state index is -0.0396. The summed E-state index contributed by atoms with van der Waals surface area (Å²) in [6, 6.07) is 65.1.